The fraction of sp³-hybridized carbons (Fsp3) is 0.222. The van der Waals surface area contributed by atoms with Gasteiger partial charge in [-0.25, -0.2) is 9.59 Å². The van der Waals surface area contributed by atoms with Gasteiger partial charge >= 0.3 is 11.9 Å². The Hall–Kier alpha value is -4.44. The SMILES string of the molecule is CCCc1ccc(C(=O)OC(=C(OC(=O)c2ccc(CCC)cc2)c2ccccc2C)c2ccccc2C)cc1. The van der Waals surface area contributed by atoms with Crippen molar-refractivity contribution in [3.05, 3.63) is 142 Å². The van der Waals surface area contributed by atoms with E-state index in [0.29, 0.717) is 22.3 Å². The third kappa shape index (κ3) is 6.95. The molecule has 4 nitrogen and oxygen atoms in total. The quantitative estimate of drug-likeness (QED) is 0.116. The molecule has 0 aliphatic rings. The normalized spacial score (nSPS) is 11.5. The summed E-state index contributed by atoms with van der Waals surface area (Å²) in [7, 11) is 0. The molecule has 0 aliphatic carbocycles. The van der Waals surface area contributed by atoms with Crippen molar-refractivity contribution in [1.29, 1.82) is 0 Å². The number of benzene rings is 4. The smallest absolute Gasteiger partial charge is 0.343 e. The molecule has 4 aromatic carbocycles. The summed E-state index contributed by atoms with van der Waals surface area (Å²) < 4.78 is 12.3. The van der Waals surface area contributed by atoms with Crippen LogP contribution in [0.4, 0.5) is 0 Å². The van der Waals surface area contributed by atoms with Gasteiger partial charge in [0.2, 0.25) is 0 Å². The standard InChI is InChI=1S/C36H36O4/c1-5-11-27-17-21-29(22-18-27)35(37)39-33(31-15-9-7-13-25(31)3)34(32-16-10-8-14-26(32)4)40-36(38)30-23-19-28(12-6-2)20-24-30/h7-10,13-24H,5-6,11-12H2,1-4H3. The lowest BCUT2D eigenvalue weighted by Gasteiger charge is -2.19. The van der Waals surface area contributed by atoms with Crippen molar-refractivity contribution in [3.8, 4) is 0 Å². The highest BCUT2D eigenvalue weighted by Crippen LogP contribution is 2.33. The topological polar surface area (TPSA) is 52.6 Å². The van der Waals surface area contributed by atoms with E-state index in [1.54, 1.807) is 24.3 Å². The van der Waals surface area contributed by atoms with Crippen LogP contribution in [0.25, 0.3) is 11.5 Å². The first-order valence-electron chi connectivity index (χ1n) is 13.9. The molecular weight excluding hydrogens is 496 g/mol. The van der Waals surface area contributed by atoms with E-state index in [1.807, 2.05) is 86.6 Å². The van der Waals surface area contributed by atoms with Crippen LogP contribution in [0.5, 0.6) is 0 Å². The van der Waals surface area contributed by atoms with Gasteiger partial charge in [-0.15, -0.1) is 0 Å². The molecule has 0 unspecified atom stereocenters. The van der Waals surface area contributed by atoms with Crippen LogP contribution in [0.3, 0.4) is 0 Å². The molecule has 0 saturated heterocycles. The van der Waals surface area contributed by atoms with Crippen molar-refractivity contribution >= 4 is 23.5 Å². The highest BCUT2D eigenvalue weighted by atomic mass is 16.6. The molecule has 4 rings (SSSR count). The molecule has 0 amide bonds. The van der Waals surface area contributed by atoms with Crippen LogP contribution in [0.2, 0.25) is 0 Å². The van der Waals surface area contributed by atoms with Gasteiger partial charge in [0.1, 0.15) is 0 Å². The number of aryl methyl sites for hydroxylation is 4. The van der Waals surface area contributed by atoms with E-state index in [9.17, 15) is 9.59 Å². The fourth-order valence-electron chi connectivity index (χ4n) is 4.60. The summed E-state index contributed by atoms with van der Waals surface area (Å²) in [6.45, 7) is 8.11. The van der Waals surface area contributed by atoms with E-state index in [4.69, 9.17) is 9.47 Å². The molecule has 0 heterocycles. The minimum absolute atomic E-state index is 0.200. The molecule has 0 atom stereocenters. The van der Waals surface area contributed by atoms with Gasteiger partial charge < -0.3 is 9.47 Å². The van der Waals surface area contributed by atoms with Crippen LogP contribution in [-0.2, 0) is 22.3 Å². The van der Waals surface area contributed by atoms with Crippen molar-refractivity contribution in [3.63, 3.8) is 0 Å². The summed E-state index contributed by atoms with van der Waals surface area (Å²) in [5, 5.41) is 0. The molecule has 0 aromatic heterocycles. The third-order valence-corrected chi connectivity index (χ3v) is 6.83. The van der Waals surface area contributed by atoms with E-state index in [2.05, 4.69) is 13.8 Å². The van der Waals surface area contributed by atoms with Gasteiger partial charge in [-0.1, -0.05) is 99.5 Å². The van der Waals surface area contributed by atoms with Crippen LogP contribution >= 0.6 is 0 Å². The van der Waals surface area contributed by atoms with Crippen LogP contribution in [0.1, 0.15) is 80.8 Å². The van der Waals surface area contributed by atoms with Gasteiger partial charge in [-0.05, 0) is 73.2 Å². The van der Waals surface area contributed by atoms with E-state index in [1.165, 1.54) is 0 Å². The second-order valence-corrected chi connectivity index (χ2v) is 9.96. The Morgan fingerprint density at radius 2 is 0.875 bits per heavy atom. The monoisotopic (exact) mass is 532 g/mol. The molecule has 4 heteroatoms. The van der Waals surface area contributed by atoms with Crippen LogP contribution in [0.15, 0.2) is 97.1 Å². The molecular formula is C36H36O4. The molecule has 0 saturated carbocycles. The number of ether oxygens (including phenoxy) is 2. The predicted molar refractivity (Wildman–Crippen MR) is 161 cm³/mol. The Morgan fingerprint density at radius 1 is 0.525 bits per heavy atom. The zero-order valence-electron chi connectivity index (χ0n) is 23.7. The van der Waals surface area contributed by atoms with Gasteiger partial charge in [0.25, 0.3) is 0 Å². The largest absolute Gasteiger partial charge is 0.418 e. The van der Waals surface area contributed by atoms with Gasteiger partial charge in [-0.2, -0.15) is 0 Å². The Kier molecular flexibility index (Phi) is 9.69. The van der Waals surface area contributed by atoms with E-state index in [0.717, 1.165) is 47.9 Å². The average Bonchev–Trinajstić information content (AvgIpc) is 2.97. The first kappa shape index (κ1) is 28.6. The van der Waals surface area contributed by atoms with Gasteiger partial charge in [0.15, 0.2) is 11.5 Å². The molecule has 0 N–H and O–H groups in total. The van der Waals surface area contributed by atoms with Crippen LogP contribution in [0, 0.1) is 13.8 Å². The first-order valence-corrected chi connectivity index (χ1v) is 13.9. The lowest BCUT2D eigenvalue weighted by Crippen LogP contribution is -2.12. The van der Waals surface area contributed by atoms with E-state index < -0.39 is 11.9 Å². The lowest BCUT2D eigenvalue weighted by atomic mass is 10.0. The summed E-state index contributed by atoms with van der Waals surface area (Å²) in [5.41, 5.74) is 6.28. The van der Waals surface area contributed by atoms with Crippen molar-refractivity contribution < 1.29 is 19.1 Å². The van der Waals surface area contributed by atoms with Crippen LogP contribution < -0.4 is 0 Å². The molecule has 0 spiro atoms. The summed E-state index contributed by atoms with van der Waals surface area (Å²) in [5.74, 6) is -0.642. The Labute approximate surface area is 237 Å². The summed E-state index contributed by atoms with van der Waals surface area (Å²) in [4.78, 5) is 27.0. The van der Waals surface area contributed by atoms with E-state index in [-0.39, 0.29) is 11.5 Å². The van der Waals surface area contributed by atoms with Gasteiger partial charge in [-0.3, -0.25) is 0 Å². The number of carbonyl (C=O) groups excluding carboxylic acids is 2. The van der Waals surface area contributed by atoms with Crippen molar-refractivity contribution in [2.45, 2.75) is 53.4 Å². The minimum Gasteiger partial charge on any atom is -0.418 e. The molecule has 204 valence electrons. The Morgan fingerprint density at radius 3 is 1.20 bits per heavy atom. The zero-order chi connectivity index (χ0) is 28.5. The average molecular weight is 533 g/mol. The van der Waals surface area contributed by atoms with Crippen LogP contribution in [-0.4, -0.2) is 11.9 Å². The fourth-order valence-corrected chi connectivity index (χ4v) is 4.60. The maximum Gasteiger partial charge on any atom is 0.343 e. The lowest BCUT2D eigenvalue weighted by molar-refractivity contribution is 0.0646. The first-order chi connectivity index (χ1) is 19.4. The molecule has 0 radical (unpaired) electrons. The third-order valence-electron chi connectivity index (χ3n) is 6.83. The minimum atomic E-state index is -0.521. The number of carbonyl (C=O) groups is 2. The maximum atomic E-state index is 13.5. The number of hydrogen-bond acceptors (Lipinski definition) is 4. The van der Waals surface area contributed by atoms with E-state index >= 15 is 0 Å². The Bertz CT molecular complexity index is 1380. The highest BCUT2D eigenvalue weighted by molar-refractivity contribution is 6.01. The number of rotatable bonds is 10. The van der Waals surface area contributed by atoms with Crippen molar-refractivity contribution in [2.24, 2.45) is 0 Å². The van der Waals surface area contributed by atoms with Gasteiger partial charge in [0, 0.05) is 11.1 Å². The van der Waals surface area contributed by atoms with Gasteiger partial charge in [0.05, 0.1) is 11.1 Å². The second-order valence-electron chi connectivity index (χ2n) is 9.96. The zero-order valence-corrected chi connectivity index (χ0v) is 23.7. The summed E-state index contributed by atoms with van der Waals surface area (Å²) >= 11 is 0. The predicted octanol–water partition coefficient (Wildman–Crippen LogP) is 8.75. The summed E-state index contributed by atoms with van der Waals surface area (Å²) in [6.07, 6.45) is 3.93. The number of esters is 2. The van der Waals surface area contributed by atoms with Crippen molar-refractivity contribution in [1.82, 2.24) is 0 Å². The number of hydrogen-bond donors (Lipinski definition) is 0. The molecule has 4 aromatic rings. The van der Waals surface area contributed by atoms with Crippen molar-refractivity contribution in [2.75, 3.05) is 0 Å². The summed E-state index contributed by atoms with van der Waals surface area (Å²) in [6, 6.07) is 30.1. The second kappa shape index (κ2) is 13.6. The molecule has 40 heavy (non-hydrogen) atoms. The molecule has 0 fully saturated rings. The Balaban J connectivity index is 1.82. The maximum absolute atomic E-state index is 13.5. The molecule has 0 bridgehead atoms. The molecule has 0 aliphatic heterocycles. The highest BCUT2D eigenvalue weighted by Gasteiger charge is 2.25.